The van der Waals surface area contributed by atoms with E-state index >= 15 is 0 Å². The zero-order chi connectivity index (χ0) is 13.5. The number of imidazole rings is 1. The zero-order valence-corrected chi connectivity index (χ0v) is 11.5. The average molecular weight is 296 g/mol. The van der Waals surface area contributed by atoms with Gasteiger partial charge >= 0.3 is 0 Å². The van der Waals surface area contributed by atoms with Crippen molar-refractivity contribution in [1.82, 2.24) is 9.97 Å². The molecule has 8 heteroatoms. The molecule has 0 fully saturated rings. The third kappa shape index (κ3) is 2.06. The van der Waals surface area contributed by atoms with Crippen LogP contribution >= 0.6 is 11.8 Å². The van der Waals surface area contributed by atoms with Gasteiger partial charge in [-0.3, -0.25) is 4.31 Å². The van der Waals surface area contributed by atoms with E-state index in [1.54, 1.807) is 23.9 Å². The fourth-order valence-corrected chi connectivity index (χ4v) is 4.49. The molecule has 0 saturated carbocycles. The number of anilines is 2. The van der Waals surface area contributed by atoms with Crippen LogP contribution in [0.4, 0.5) is 11.4 Å². The molecule has 100 valence electrons. The van der Waals surface area contributed by atoms with E-state index in [-0.39, 0.29) is 5.03 Å². The molecule has 1 aliphatic rings. The summed E-state index contributed by atoms with van der Waals surface area (Å²) in [4.78, 5) is 7.33. The molecular formula is C11H12N4O2S2. The summed E-state index contributed by atoms with van der Waals surface area (Å²) in [6.07, 6.45) is 2.66. The van der Waals surface area contributed by atoms with Crippen LogP contribution in [0.25, 0.3) is 0 Å². The first-order valence-corrected chi connectivity index (χ1v) is 8.05. The Morgan fingerprint density at radius 1 is 1.42 bits per heavy atom. The molecule has 1 aromatic carbocycles. The van der Waals surface area contributed by atoms with Crippen molar-refractivity contribution in [2.45, 2.75) is 9.92 Å². The zero-order valence-electron chi connectivity index (χ0n) is 9.91. The summed E-state index contributed by atoms with van der Waals surface area (Å²) in [6.45, 7) is 0.419. The number of nitrogens with zero attached hydrogens (tertiary/aromatic N) is 2. The first kappa shape index (κ1) is 12.4. The van der Waals surface area contributed by atoms with Gasteiger partial charge in [0.15, 0.2) is 5.03 Å². The Morgan fingerprint density at radius 2 is 2.26 bits per heavy atom. The molecule has 3 rings (SSSR count). The van der Waals surface area contributed by atoms with E-state index in [0.29, 0.717) is 23.7 Å². The van der Waals surface area contributed by atoms with Crippen LogP contribution in [0.3, 0.4) is 0 Å². The van der Waals surface area contributed by atoms with E-state index < -0.39 is 10.0 Å². The number of thioether (sulfide) groups is 1. The molecular weight excluding hydrogens is 284 g/mol. The van der Waals surface area contributed by atoms with E-state index in [9.17, 15) is 8.42 Å². The molecule has 0 radical (unpaired) electrons. The second-order valence-electron chi connectivity index (χ2n) is 4.07. The number of benzene rings is 1. The Hall–Kier alpha value is -1.67. The maximum Gasteiger partial charge on any atom is 0.281 e. The molecule has 0 aliphatic carbocycles. The first-order valence-electron chi connectivity index (χ1n) is 5.62. The highest BCUT2D eigenvalue weighted by atomic mass is 32.2. The fourth-order valence-electron chi connectivity index (χ4n) is 1.96. The van der Waals surface area contributed by atoms with Gasteiger partial charge in [-0.15, -0.1) is 11.8 Å². The molecule has 0 saturated heterocycles. The predicted molar refractivity (Wildman–Crippen MR) is 74.7 cm³/mol. The first-order chi connectivity index (χ1) is 9.09. The van der Waals surface area contributed by atoms with Crippen molar-refractivity contribution in [3.05, 3.63) is 30.7 Å². The smallest absolute Gasteiger partial charge is 0.281 e. The van der Waals surface area contributed by atoms with Gasteiger partial charge in [-0.2, -0.15) is 8.42 Å². The number of H-pyrrole nitrogens is 1. The highest BCUT2D eigenvalue weighted by Gasteiger charge is 2.30. The maximum absolute atomic E-state index is 12.5. The highest BCUT2D eigenvalue weighted by molar-refractivity contribution is 8.00. The monoisotopic (exact) mass is 296 g/mol. The molecule has 1 aromatic heterocycles. The lowest BCUT2D eigenvalue weighted by molar-refractivity contribution is 0.588. The van der Waals surface area contributed by atoms with Crippen molar-refractivity contribution < 1.29 is 8.42 Å². The van der Waals surface area contributed by atoms with E-state index in [1.807, 2.05) is 6.07 Å². The van der Waals surface area contributed by atoms with Gasteiger partial charge in [-0.1, -0.05) is 0 Å². The second kappa shape index (κ2) is 4.46. The number of rotatable bonds is 2. The molecule has 6 nitrogen and oxygen atoms in total. The molecule has 0 atom stereocenters. The number of nitrogens with two attached hydrogens (primary N) is 1. The van der Waals surface area contributed by atoms with E-state index in [0.717, 1.165) is 4.90 Å². The summed E-state index contributed by atoms with van der Waals surface area (Å²) in [5.41, 5.74) is 6.93. The van der Waals surface area contributed by atoms with Crippen molar-refractivity contribution in [3.63, 3.8) is 0 Å². The molecule has 19 heavy (non-hydrogen) atoms. The van der Waals surface area contributed by atoms with Crippen LogP contribution in [0.5, 0.6) is 0 Å². The Balaban J connectivity index is 2.12. The number of nitrogen functional groups attached to an aromatic ring is 1. The average Bonchev–Trinajstić information content (AvgIpc) is 2.92. The molecule has 1 aliphatic heterocycles. The van der Waals surface area contributed by atoms with Crippen LogP contribution in [0.15, 0.2) is 40.6 Å². The SMILES string of the molecule is Nc1ccc2c(c1)N(S(=O)(=O)c1cnc[nH]1)CCS2. The summed E-state index contributed by atoms with van der Waals surface area (Å²) >= 11 is 1.63. The van der Waals surface area contributed by atoms with Gasteiger partial charge in [0, 0.05) is 22.9 Å². The van der Waals surface area contributed by atoms with Gasteiger partial charge in [-0.05, 0) is 18.2 Å². The van der Waals surface area contributed by atoms with E-state index in [1.165, 1.54) is 16.8 Å². The number of nitrogens with one attached hydrogen (secondary N) is 1. The van der Waals surface area contributed by atoms with Crippen molar-refractivity contribution in [2.24, 2.45) is 0 Å². The summed E-state index contributed by atoms with van der Waals surface area (Å²) in [6, 6.07) is 5.32. The molecule has 0 unspecified atom stereocenters. The molecule has 0 spiro atoms. The molecule has 0 bridgehead atoms. The normalized spacial score (nSPS) is 15.3. The van der Waals surface area contributed by atoms with Gasteiger partial charge in [0.25, 0.3) is 10.0 Å². The van der Waals surface area contributed by atoms with Crippen molar-refractivity contribution in [2.75, 3.05) is 22.3 Å². The Morgan fingerprint density at radius 3 is 3.00 bits per heavy atom. The number of hydrogen-bond donors (Lipinski definition) is 2. The minimum atomic E-state index is -3.60. The fraction of sp³-hybridized carbons (Fsp3) is 0.182. The Kier molecular flexibility index (Phi) is 2.90. The number of aromatic nitrogens is 2. The summed E-state index contributed by atoms with van der Waals surface area (Å²) in [7, 11) is -3.60. The van der Waals surface area contributed by atoms with Crippen LogP contribution in [0, 0.1) is 0 Å². The van der Waals surface area contributed by atoms with Crippen molar-refractivity contribution >= 4 is 33.2 Å². The largest absolute Gasteiger partial charge is 0.399 e. The third-order valence-corrected chi connectivity index (χ3v) is 5.63. The number of hydrogen-bond acceptors (Lipinski definition) is 5. The van der Waals surface area contributed by atoms with E-state index in [4.69, 9.17) is 5.73 Å². The lowest BCUT2D eigenvalue weighted by atomic mass is 10.3. The maximum atomic E-state index is 12.5. The number of fused-ring (bicyclic) bond motifs is 1. The number of sulfonamides is 1. The Labute approximate surface area is 115 Å². The summed E-state index contributed by atoms with van der Waals surface area (Å²) < 4.78 is 26.4. The topological polar surface area (TPSA) is 92.1 Å². The van der Waals surface area contributed by atoms with Crippen molar-refractivity contribution in [1.29, 1.82) is 0 Å². The third-order valence-electron chi connectivity index (χ3n) is 2.84. The minimum absolute atomic E-state index is 0.0905. The predicted octanol–water partition coefficient (Wildman–Crippen LogP) is 1.29. The lowest BCUT2D eigenvalue weighted by Crippen LogP contribution is -2.35. The summed E-state index contributed by atoms with van der Waals surface area (Å²) in [5.74, 6) is 0.713. The van der Waals surface area contributed by atoms with Crippen LogP contribution in [0.2, 0.25) is 0 Å². The molecule has 3 N–H and O–H groups in total. The quantitative estimate of drug-likeness (QED) is 0.815. The van der Waals surface area contributed by atoms with Crippen LogP contribution in [-0.4, -0.2) is 30.7 Å². The Bertz CT molecular complexity index is 697. The molecule has 2 heterocycles. The van der Waals surface area contributed by atoms with Crippen molar-refractivity contribution in [3.8, 4) is 0 Å². The minimum Gasteiger partial charge on any atom is -0.399 e. The van der Waals surface area contributed by atoms with Gasteiger partial charge in [0.2, 0.25) is 0 Å². The second-order valence-corrected chi connectivity index (χ2v) is 7.04. The highest BCUT2D eigenvalue weighted by Crippen LogP contribution is 2.38. The van der Waals surface area contributed by atoms with E-state index in [2.05, 4.69) is 9.97 Å². The van der Waals surface area contributed by atoms with Gasteiger partial charge in [0.1, 0.15) is 0 Å². The van der Waals surface area contributed by atoms with Gasteiger partial charge in [-0.25, -0.2) is 4.98 Å². The van der Waals surface area contributed by atoms with Crippen LogP contribution in [-0.2, 0) is 10.0 Å². The molecule has 0 amide bonds. The van der Waals surface area contributed by atoms with Gasteiger partial charge < -0.3 is 10.7 Å². The summed E-state index contributed by atoms with van der Waals surface area (Å²) in [5, 5.41) is 0.0905. The molecule has 2 aromatic rings. The number of aromatic amines is 1. The van der Waals surface area contributed by atoms with Crippen LogP contribution in [0.1, 0.15) is 0 Å². The van der Waals surface area contributed by atoms with Crippen LogP contribution < -0.4 is 10.0 Å². The lowest BCUT2D eigenvalue weighted by Gasteiger charge is -2.29. The van der Waals surface area contributed by atoms with Gasteiger partial charge in [0.05, 0.1) is 18.2 Å². The standard InChI is InChI=1S/C11H12N4O2S2/c12-8-1-2-10-9(5-8)15(3-4-18-10)19(16,17)11-6-13-7-14-11/h1-2,5-7H,3-4,12H2,(H,13,14).